The molecule has 0 aliphatic carbocycles. The van der Waals surface area contributed by atoms with Crippen LogP contribution in [0, 0.1) is 0 Å². The van der Waals surface area contributed by atoms with Gasteiger partial charge in [-0.15, -0.1) is 0 Å². The summed E-state index contributed by atoms with van der Waals surface area (Å²) >= 11 is 0. The second-order valence-corrected chi connectivity index (χ2v) is 15.0. The van der Waals surface area contributed by atoms with Crippen molar-refractivity contribution >= 4 is 11.9 Å². The van der Waals surface area contributed by atoms with E-state index in [0.717, 1.165) is 51.5 Å². The summed E-state index contributed by atoms with van der Waals surface area (Å²) in [6.07, 6.45) is 39.3. The molecule has 0 aromatic rings. The van der Waals surface area contributed by atoms with Crippen LogP contribution in [0.25, 0.3) is 0 Å². The molecule has 0 saturated heterocycles. The largest absolute Gasteiger partial charge is 0.466 e. The van der Waals surface area contributed by atoms with Crippen molar-refractivity contribution in [2.24, 2.45) is 0 Å². The number of hydrogen-bond donors (Lipinski definition) is 0. The van der Waals surface area contributed by atoms with E-state index in [2.05, 4.69) is 32.6 Å². The van der Waals surface area contributed by atoms with Crippen LogP contribution in [0.1, 0.15) is 240 Å². The maximum absolute atomic E-state index is 12.7. The number of carbonyl (C=O) groups excluding carboxylic acids is 2. The zero-order valence-electron chi connectivity index (χ0n) is 33.8. The van der Waals surface area contributed by atoms with Gasteiger partial charge in [0.25, 0.3) is 0 Å². The summed E-state index contributed by atoms with van der Waals surface area (Å²) in [5.74, 6) is 0.0344. The highest BCUT2D eigenvalue weighted by Crippen LogP contribution is 2.18. The molecule has 0 aromatic carbocycles. The molecule has 0 spiro atoms. The smallest absolute Gasteiger partial charge is 0.306 e. The van der Waals surface area contributed by atoms with Crippen LogP contribution in [0.15, 0.2) is 0 Å². The van der Waals surface area contributed by atoms with Crippen LogP contribution in [0.3, 0.4) is 0 Å². The molecule has 5 nitrogen and oxygen atoms in total. The average molecular weight is 694 g/mol. The van der Waals surface area contributed by atoms with Gasteiger partial charge in [0.1, 0.15) is 6.10 Å². The zero-order chi connectivity index (χ0) is 35.9. The first-order valence-electron chi connectivity index (χ1n) is 22.1. The molecule has 0 amide bonds. The van der Waals surface area contributed by atoms with Crippen LogP contribution in [-0.2, 0) is 19.1 Å². The first kappa shape index (κ1) is 47.9. The average Bonchev–Trinajstić information content (AvgIpc) is 3.10. The van der Waals surface area contributed by atoms with Gasteiger partial charge in [0.15, 0.2) is 0 Å². The summed E-state index contributed by atoms with van der Waals surface area (Å²) in [7, 11) is 0. The highest BCUT2D eigenvalue weighted by molar-refractivity contribution is 5.69. The van der Waals surface area contributed by atoms with Gasteiger partial charge in [0, 0.05) is 12.8 Å². The van der Waals surface area contributed by atoms with E-state index in [1.807, 2.05) is 0 Å². The molecule has 5 heteroatoms. The van der Waals surface area contributed by atoms with Crippen LogP contribution in [0.5, 0.6) is 0 Å². The zero-order valence-corrected chi connectivity index (χ0v) is 33.8. The Morgan fingerprint density at radius 3 is 1.24 bits per heavy atom. The van der Waals surface area contributed by atoms with Gasteiger partial charge in [-0.05, 0) is 77.4 Å². The molecular formula is C44H87NO4. The molecule has 0 fully saturated rings. The van der Waals surface area contributed by atoms with Crippen LogP contribution in [0.4, 0.5) is 0 Å². The van der Waals surface area contributed by atoms with Crippen LogP contribution in [-0.4, -0.2) is 49.2 Å². The summed E-state index contributed by atoms with van der Waals surface area (Å²) < 4.78 is 11.4. The topological polar surface area (TPSA) is 55.8 Å². The maximum Gasteiger partial charge on any atom is 0.306 e. The van der Waals surface area contributed by atoms with E-state index in [-0.39, 0.29) is 18.0 Å². The van der Waals surface area contributed by atoms with Crippen molar-refractivity contribution in [2.75, 3.05) is 26.2 Å². The van der Waals surface area contributed by atoms with Gasteiger partial charge >= 0.3 is 11.9 Å². The lowest BCUT2D eigenvalue weighted by molar-refractivity contribution is -0.150. The van der Waals surface area contributed by atoms with Gasteiger partial charge in [-0.1, -0.05) is 169 Å². The number of hydrogen-bond acceptors (Lipinski definition) is 5. The number of esters is 2. The molecule has 0 atom stereocenters. The molecule has 49 heavy (non-hydrogen) atoms. The summed E-state index contributed by atoms with van der Waals surface area (Å²) in [5.41, 5.74) is 0. The van der Waals surface area contributed by atoms with Crippen LogP contribution in [0.2, 0.25) is 0 Å². The fourth-order valence-electron chi connectivity index (χ4n) is 6.83. The van der Waals surface area contributed by atoms with Gasteiger partial charge < -0.3 is 14.4 Å². The highest BCUT2D eigenvalue weighted by Gasteiger charge is 2.14. The molecular weight excluding hydrogens is 606 g/mol. The monoisotopic (exact) mass is 694 g/mol. The Balaban J connectivity index is 3.85. The van der Waals surface area contributed by atoms with E-state index < -0.39 is 0 Å². The van der Waals surface area contributed by atoms with Crippen molar-refractivity contribution in [3.8, 4) is 0 Å². The number of carbonyl (C=O) groups is 2. The molecule has 0 N–H and O–H groups in total. The van der Waals surface area contributed by atoms with Crippen molar-refractivity contribution in [1.82, 2.24) is 4.90 Å². The number of rotatable bonds is 40. The Bertz CT molecular complexity index is 668. The van der Waals surface area contributed by atoms with Crippen molar-refractivity contribution in [3.05, 3.63) is 0 Å². The Morgan fingerprint density at radius 2 is 0.796 bits per heavy atom. The summed E-state index contributed by atoms with van der Waals surface area (Å²) in [6, 6.07) is 0. The lowest BCUT2D eigenvalue weighted by Gasteiger charge is -2.20. The van der Waals surface area contributed by atoms with Crippen LogP contribution >= 0.6 is 0 Å². The molecule has 0 radical (unpaired) electrons. The van der Waals surface area contributed by atoms with Crippen molar-refractivity contribution in [2.45, 2.75) is 246 Å². The van der Waals surface area contributed by atoms with Crippen molar-refractivity contribution in [1.29, 1.82) is 0 Å². The van der Waals surface area contributed by atoms with Gasteiger partial charge in [-0.2, -0.15) is 0 Å². The SMILES string of the molecule is CCCCCCCCCOC(=O)CCCCCCCN(CC)CCCCCCCC(=O)OC(CCCCCCCC)CCCCCCCC. The molecule has 0 saturated carbocycles. The van der Waals surface area contributed by atoms with Gasteiger partial charge in [0.2, 0.25) is 0 Å². The molecule has 0 aliphatic rings. The third kappa shape index (κ3) is 36.5. The molecule has 0 bridgehead atoms. The Hall–Kier alpha value is -1.10. The second kappa shape index (κ2) is 39.7. The van der Waals surface area contributed by atoms with Gasteiger partial charge in [-0.3, -0.25) is 9.59 Å². The standard InChI is InChI=1S/C44H87NO4/c1-5-9-12-15-18-27-34-41-48-43(46)37-30-23-19-25-32-39-45(8-4)40-33-26-20-24-31-38-44(47)49-42(35-28-21-16-13-10-6-2)36-29-22-17-14-11-7-3/h42H,5-41H2,1-4H3. The third-order valence-electron chi connectivity index (χ3n) is 10.2. The van der Waals surface area contributed by atoms with Crippen LogP contribution < -0.4 is 0 Å². The van der Waals surface area contributed by atoms with Gasteiger partial charge in [-0.25, -0.2) is 0 Å². The van der Waals surface area contributed by atoms with Gasteiger partial charge in [0.05, 0.1) is 6.61 Å². The molecule has 292 valence electrons. The number of nitrogens with zero attached hydrogens (tertiary/aromatic N) is 1. The minimum absolute atomic E-state index is 0.00526. The van der Waals surface area contributed by atoms with E-state index >= 15 is 0 Å². The predicted molar refractivity (Wildman–Crippen MR) is 212 cm³/mol. The normalized spacial score (nSPS) is 11.6. The minimum atomic E-state index is -0.00526. The Labute approximate surface area is 307 Å². The lowest BCUT2D eigenvalue weighted by Crippen LogP contribution is -2.25. The van der Waals surface area contributed by atoms with E-state index in [9.17, 15) is 9.59 Å². The molecule has 0 rings (SSSR count). The molecule has 0 aromatic heterocycles. The Kier molecular flexibility index (Phi) is 38.8. The minimum Gasteiger partial charge on any atom is -0.466 e. The number of unbranched alkanes of at least 4 members (excludes halogenated alkanes) is 24. The summed E-state index contributed by atoms with van der Waals surface area (Å²) in [5, 5.41) is 0. The summed E-state index contributed by atoms with van der Waals surface area (Å²) in [6.45, 7) is 13.1. The number of ether oxygens (including phenoxy) is 2. The molecule has 0 unspecified atom stereocenters. The van der Waals surface area contributed by atoms with E-state index in [1.54, 1.807) is 0 Å². The summed E-state index contributed by atoms with van der Waals surface area (Å²) in [4.78, 5) is 27.2. The second-order valence-electron chi connectivity index (χ2n) is 15.0. The third-order valence-corrected chi connectivity index (χ3v) is 10.2. The fraction of sp³-hybridized carbons (Fsp3) is 0.955. The maximum atomic E-state index is 12.7. The van der Waals surface area contributed by atoms with Crippen molar-refractivity contribution < 1.29 is 19.1 Å². The van der Waals surface area contributed by atoms with E-state index in [0.29, 0.717) is 19.4 Å². The molecule has 0 aliphatic heterocycles. The first-order chi connectivity index (χ1) is 24.1. The van der Waals surface area contributed by atoms with E-state index in [1.165, 1.54) is 167 Å². The predicted octanol–water partition coefficient (Wildman–Crippen LogP) is 13.7. The van der Waals surface area contributed by atoms with E-state index in [4.69, 9.17) is 9.47 Å². The van der Waals surface area contributed by atoms with Crippen molar-refractivity contribution in [3.63, 3.8) is 0 Å². The quantitative estimate of drug-likeness (QED) is 0.0472. The highest BCUT2D eigenvalue weighted by atomic mass is 16.5. The lowest BCUT2D eigenvalue weighted by atomic mass is 10.0. The Morgan fingerprint density at radius 1 is 0.429 bits per heavy atom. The first-order valence-corrected chi connectivity index (χ1v) is 22.1. The molecule has 0 heterocycles. The fourth-order valence-corrected chi connectivity index (χ4v) is 6.83.